The van der Waals surface area contributed by atoms with Crippen LogP contribution in [0, 0.1) is 5.82 Å². The Balaban J connectivity index is 0.000000980. The Morgan fingerprint density at radius 1 is 1.29 bits per heavy atom. The van der Waals surface area contributed by atoms with Crippen molar-refractivity contribution in [1.82, 2.24) is 0 Å². The lowest BCUT2D eigenvalue weighted by Gasteiger charge is -1.98. The second kappa shape index (κ2) is 4.08. The number of pyridine rings is 1. The second-order valence-corrected chi connectivity index (χ2v) is 3.09. The maximum absolute atomic E-state index is 12.8. The second-order valence-electron chi connectivity index (χ2n) is 3.09. The lowest BCUT2D eigenvalue weighted by atomic mass is 10.2. The summed E-state index contributed by atoms with van der Waals surface area (Å²) in [6.07, 6.45) is 1.81. The van der Waals surface area contributed by atoms with E-state index in [0.717, 1.165) is 10.9 Å². The number of hydrogen-bond acceptors (Lipinski definition) is 1. The Hall–Kier alpha value is -0.910. The number of rotatable bonds is 0. The summed E-state index contributed by atoms with van der Waals surface area (Å²) in [7, 11) is 1.89. The molecule has 0 aliphatic rings. The normalized spacial score (nSPS) is 9.86. The molecule has 1 heterocycles. The SMILES string of the molecule is C[n+]1cc(N)cc2cc(F)ccc21.[I-]. The van der Waals surface area contributed by atoms with Crippen molar-refractivity contribution in [3.05, 3.63) is 36.3 Å². The number of aromatic nitrogens is 1. The molecule has 2 N–H and O–H groups in total. The molecule has 0 amide bonds. The van der Waals surface area contributed by atoms with Gasteiger partial charge >= 0.3 is 0 Å². The molecule has 0 aliphatic carbocycles. The van der Waals surface area contributed by atoms with Gasteiger partial charge in [-0.25, -0.2) is 4.39 Å². The predicted molar refractivity (Wildman–Crippen MR) is 49.5 cm³/mol. The number of anilines is 1. The van der Waals surface area contributed by atoms with E-state index >= 15 is 0 Å². The smallest absolute Gasteiger partial charge is 0.212 e. The molecular weight excluding hydrogens is 294 g/mol. The minimum atomic E-state index is -0.238. The third-order valence-corrected chi connectivity index (χ3v) is 2.03. The van der Waals surface area contributed by atoms with Crippen LogP contribution in [0.5, 0.6) is 0 Å². The molecule has 2 aromatic rings. The van der Waals surface area contributed by atoms with Crippen LogP contribution in [-0.2, 0) is 7.05 Å². The van der Waals surface area contributed by atoms with Gasteiger partial charge in [0.2, 0.25) is 5.52 Å². The summed E-state index contributed by atoms with van der Waals surface area (Å²) in [6, 6.07) is 6.42. The van der Waals surface area contributed by atoms with Crippen LogP contribution < -0.4 is 34.3 Å². The van der Waals surface area contributed by atoms with E-state index < -0.39 is 0 Å². The fraction of sp³-hybridized carbons (Fsp3) is 0.100. The van der Waals surface area contributed by atoms with E-state index in [1.54, 1.807) is 18.3 Å². The highest BCUT2D eigenvalue weighted by Gasteiger charge is 2.06. The maximum atomic E-state index is 12.8. The summed E-state index contributed by atoms with van der Waals surface area (Å²) in [5.41, 5.74) is 7.24. The van der Waals surface area contributed by atoms with Gasteiger partial charge in [-0.15, -0.1) is 0 Å². The molecule has 1 aromatic heterocycles. The summed E-state index contributed by atoms with van der Waals surface area (Å²) in [4.78, 5) is 0. The van der Waals surface area contributed by atoms with Crippen molar-refractivity contribution in [2.75, 3.05) is 5.73 Å². The van der Waals surface area contributed by atoms with Crippen LogP contribution >= 0.6 is 0 Å². The number of nitrogen functional groups attached to an aromatic ring is 1. The first-order valence-corrected chi connectivity index (χ1v) is 4.01. The number of fused-ring (bicyclic) bond motifs is 1. The monoisotopic (exact) mass is 304 g/mol. The lowest BCUT2D eigenvalue weighted by Crippen LogP contribution is -3.00. The van der Waals surface area contributed by atoms with Gasteiger partial charge in [0.1, 0.15) is 12.9 Å². The van der Waals surface area contributed by atoms with Gasteiger partial charge in [0, 0.05) is 6.07 Å². The number of aryl methyl sites for hydroxylation is 1. The molecule has 0 aliphatic heterocycles. The molecular formula is C10H10FIN2. The van der Waals surface area contributed by atoms with Gasteiger partial charge in [-0.1, -0.05) is 0 Å². The fourth-order valence-corrected chi connectivity index (χ4v) is 1.47. The molecule has 14 heavy (non-hydrogen) atoms. The van der Waals surface area contributed by atoms with Crippen molar-refractivity contribution in [3.8, 4) is 0 Å². The number of nitrogens with zero attached hydrogens (tertiary/aromatic N) is 1. The minimum absolute atomic E-state index is 0. The van der Waals surface area contributed by atoms with Crippen molar-refractivity contribution >= 4 is 16.6 Å². The molecule has 0 fully saturated rings. The molecule has 2 nitrogen and oxygen atoms in total. The largest absolute Gasteiger partial charge is 1.00 e. The summed E-state index contributed by atoms with van der Waals surface area (Å²) >= 11 is 0. The molecule has 0 spiro atoms. The van der Waals surface area contributed by atoms with Crippen molar-refractivity contribution in [2.24, 2.45) is 7.05 Å². The van der Waals surface area contributed by atoms with Crippen LogP contribution in [0.25, 0.3) is 10.9 Å². The third kappa shape index (κ3) is 1.95. The summed E-state index contributed by atoms with van der Waals surface area (Å²) in [5, 5.41) is 0.822. The Kier molecular flexibility index (Phi) is 3.25. The van der Waals surface area contributed by atoms with Gasteiger partial charge in [0.25, 0.3) is 0 Å². The fourth-order valence-electron chi connectivity index (χ4n) is 1.47. The van der Waals surface area contributed by atoms with Crippen molar-refractivity contribution in [1.29, 1.82) is 0 Å². The van der Waals surface area contributed by atoms with Gasteiger partial charge in [-0.2, -0.15) is 4.57 Å². The molecule has 0 atom stereocenters. The lowest BCUT2D eigenvalue weighted by molar-refractivity contribution is -0.644. The first kappa shape index (κ1) is 11.2. The Bertz CT molecular complexity index is 466. The van der Waals surface area contributed by atoms with E-state index in [-0.39, 0.29) is 29.8 Å². The van der Waals surface area contributed by atoms with E-state index in [0.29, 0.717) is 5.69 Å². The van der Waals surface area contributed by atoms with Crippen molar-refractivity contribution in [3.63, 3.8) is 0 Å². The molecule has 0 bridgehead atoms. The maximum Gasteiger partial charge on any atom is 0.212 e. The molecule has 1 aromatic carbocycles. The Morgan fingerprint density at radius 3 is 2.71 bits per heavy atom. The summed E-state index contributed by atoms with van der Waals surface area (Å²) in [5.74, 6) is -0.238. The molecule has 4 heteroatoms. The van der Waals surface area contributed by atoms with E-state index in [9.17, 15) is 4.39 Å². The summed E-state index contributed by atoms with van der Waals surface area (Å²) < 4.78 is 14.7. The zero-order valence-electron chi connectivity index (χ0n) is 7.67. The van der Waals surface area contributed by atoms with E-state index in [1.165, 1.54) is 12.1 Å². The first-order valence-electron chi connectivity index (χ1n) is 4.01. The quantitative estimate of drug-likeness (QED) is 0.461. The molecule has 0 saturated heterocycles. The standard InChI is InChI=1S/C10H10FN2.HI/c1-13-6-9(12)5-7-4-8(11)2-3-10(7)13;/h2-6H,12H2,1H3;1H/q+1;/p-1. The topological polar surface area (TPSA) is 29.9 Å². The van der Waals surface area contributed by atoms with Gasteiger partial charge in [-0.05, 0) is 18.2 Å². The third-order valence-electron chi connectivity index (χ3n) is 2.03. The molecule has 74 valence electrons. The van der Waals surface area contributed by atoms with Crippen LogP contribution in [0.1, 0.15) is 0 Å². The van der Waals surface area contributed by atoms with Gasteiger partial charge in [-0.3, -0.25) is 0 Å². The molecule has 0 unspecified atom stereocenters. The van der Waals surface area contributed by atoms with Crippen molar-refractivity contribution < 1.29 is 32.9 Å². The first-order chi connectivity index (χ1) is 6.16. The van der Waals surface area contributed by atoms with E-state index in [2.05, 4.69) is 0 Å². The number of hydrogen-bond donors (Lipinski definition) is 1. The van der Waals surface area contributed by atoms with Gasteiger partial charge < -0.3 is 29.7 Å². The average Bonchev–Trinajstić information content (AvgIpc) is 2.02. The number of benzene rings is 1. The van der Waals surface area contributed by atoms with Gasteiger partial charge in [0.05, 0.1) is 11.1 Å². The van der Waals surface area contributed by atoms with Crippen LogP contribution in [0.2, 0.25) is 0 Å². The van der Waals surface area contributed by atoms with Gasteiger partial charge in [0.15, 0.2) is 6.20 Å². The van der Waals surface area contributed by atoms with Crippen LogP contribution in [-0.4, -0.2) is 0 Å². The number of halogens is 2. The minimum Gasteiger partial charge on any atom is -1.00 e. The van der Waals surface area contributed by atoms with E-state index in [1.807, 2.05) is 11.6 Å². The average molecular weight is 304 g/mol. The molecule has 0 saturated carbocycles. The van der Waals surface area contributed by atoms with Crippen molar-refractivity contribution in [2.45, 2.75) is 0 Å². The summed E-state index contributed by atoms with van der Waals surface area (Å²) in [6.45, 7) is 0. The highest BCUT2D eigenvalue weighted by Crippen LogP contribution is 2.13. The molecule has 2 rings (SSSR count). The Labute approximate surface area is 98.6 Å². The predicted octanol–water partition coefficient (Wildman–Crippen LogP) is -1.61. The van der Waals surface area contributed by atoms with Crippen LogP contribution in [0.3, 0.4) is 0 Å². The molecule has 0 radical (unpaired) electrons. The van der Waals surface area contributed by atoms with Crippen LogP contribution in [0.15, 0.2) is 30.5 Å². The Morgan fingerprint density at radius 2 is 2.00 bits per heavy atom. The van der Waals surface area contributed by atoms with Crippen LogP contribution in [0.4, 0.5) is 10.1 Å². The number of nitrogens with two attached hydrogens (primary N) is 1. The van der Waals surface area contributed by atoms with E-state index in [4.69, 9.17) is 5.73 Å². The zero-order chi connectivity index (χ0) is 9.42. The highest BCUT2D eigenvalue weighted by molar-refractivity contribution is 5.78. The highest BCUT2D eigenvalue weighted by atomic mass is 127. The zero-order valence-corrected chi connectivity index (χ0v) is 9.82.